The van der Waals surface area contributed by atoms with Gasteiger partial charge in [0, 0.05) is 17.1 Å². The van der Waals surface area contributed by atoms with E-state index in [0.29, 0.717) is 11.4 Å². The molecule has 1 aromatic heterocycles. The number of alkyl halides is 3. The van der Waals surface area contributed by atoms with E-state index in [-0.39, 0.29) is 12.2 Å². The van der Waals surface area contributed by atoms with Gasteiger partial charge in [-0.3, -0.25) is 9.59 Å². The summed E-state index contributed by atoms with van der Waals surface area (Å²) in [5.74, 6) is -0.960. The minimum atomic E-state index is -4.61. The summed E-state index contributed by atoms with van der Waals surface area (Å²) in [5.41, 5.74) is -0.638. The summed E-state index contributed by atoms with van der Waals surface area (Å²) in [4.78, 5) is 26.6. The fourth-order valence-corrected chi connectivity index (χ4v) is 2.86. The zero-order chi connectivity index (χ0) is 22.6. The van der Waals surface area contributed by atoms with E-state index < -0.39 is 30.1 Å². The monoisotopic (exact) mass is 496 g/mol. The van der Waals surface area contributed by atoms with Crippen LogP contribution in [0, 0.1) is 0 Å². The number of benzene rings is 2. The lowest BCUT2D eigenvalue weighted by Crippen LogP contribution is -2.37. The number of carbonyl (C=O) groups excluding carboxylic acids is 2. The van der Waals surface area contributed by atoms with Gasteiger partial charge in [-0.15, -0.1) is 10.2 Å². The van der Waals surface area contributed by atoms with Gasteiger partial charge in [-0.2, -0.15) is 18.0 Å². The Morgan fingerprint density at radius 3 is 2.48 bits per heavy atom. The van der Waals surface area contributed by atoms with E-state index in [1.807, 2.05) is 12.1 Å². The number of amides is 2. The van der Waals surface area contributed by atoms with Crippen LogP contribution in [-0.4, -0.2) is 50.5 Å². The SMILES string of the molecule is CN(CC(=O)Nc1ccccc1C(F)(F)F)C(=O)Cn1nnc(-c2ccc(Br)cc2)n1. The van der Waals surface area contributed by atoms with Crippen LogP contribution in [0.5, 0.6) is 0 Å². The topological polar surface area (TPSA) is 93.0 Å². The third-order valence-corrected chi connectivity index (χ3v) is 4.67. The number of halogens is 4. The van der Waals surface area contributed by atoms with Crippen molar-refractivity contribution in [3.8, 4) is 11.4 Å². The molecule has 3 rings (SSSR count). The summed E-state index contributed by atoms with van der Waals surface area (Å²) in [6, 6.07) is 11.8. The predicted octanol–water partition coefficient (Wildman–Crippen LogP) is 3.22. The van der Waals surface area contributed by atoms with Gasteiger partial charge in [-0.1, -0.05) is 28.1 Å². The third-order valence-electron chi connectivity index (χ3n) is 4.15. The van der Waals surface area contributed by atoms with E-state index in [1.54, 1.807) is 12.1 Å². The lowest BCUT2D eigenvalue weighted by molar-refractivity contribution is -0.137. The van der Waals surface area contributed by atoms with Crippen molar-refractivity contribution < 1.29 is 22.8 Å². The van der Waals surface area contributed by atoms with Gasteiger partial charge in [0.05, 0.1) is 17.8 Å². The molecule has 0 fully saturated rings. The molecule has 1 N–H and O–H groups in total. The minimum absolute atomic E-state index is 0.285. The number of nitrogens with one attached hydrogen (secondary N) is 1. The van der Waals surface area contributed by atoms with Gasteiger partial charge in [-0.25, -0.2) is 0 Å². The molecule has 0 bridgehead atoms. The van der Waals surface area contributed by atoms with Gasteiger partial charge in [0.2, 0.25) is 17.6 Å². The first-order chi connectivity index (χ1) is 14.6. The molecular formula is C19H16BrF3N6O2. The van der Waals surface area contributed by atoms with Crippen molar-refractivity contribution in [2.75, 3.05) is 18.9 Å². The quantitative estimate of drug-likeness (QED) is 0.565. The normalized spacial score (nSPS) is 11.3. The molecule has 0 aliphatic rings. The number of carbonyl (C=O) groups is 2. The Bertz CT molecular complexity index is 1080. The molecule has 2 aromatic carbocycles. The zero-order valence-electron chi connectivity index (χ0n) is 16.1. The van der Waals surface area contributed by atoms with Gasteiger partial charge in [-0.05, 0) is 41.6 Å². The third kappa shape index (κ3) is 5.87. The molecule has 31 heavy (non-hydrogen) atoms. The number of hydrogen-bond donors (Lipinski definition) is 1. The van der Waals surface area contributed by atoms with Gasteiger partial charge in [0.15, 0.2) is 0 Å². The highest BCUT2D eigenvalue weighted by molar-refractivity contribution is 9.10. The van der Waals surface area contributed by atoms with Crippen molar-refractivity contribution in [3.05, 3.63) is 58.6 Å². The molecule has 0 radical (unpaired) electrons. The van der Waals surface area contributed by atoms with Crippen LogP contribution in [0.15, 0.2) is 53.0 Å². The number of tetrazole rings is 1. The lowest BCUT2D eigenvalue weighted by Gasteiger charge is -2.18. The Labute approximate surface area is 183 Å². The van der Waals surface area contributed by atoms with E-state index in [9.17, 15) is 22.8 Å². The maximum Gasteiger partial charge on any atom is 0.418 e. The molecule has 2 amide bonds. The molecule has 0 aliphatic heterocycles. The fourth-order valence-electron chi connectivity index (χ4n) is 2.60. The van der Waals surface area contributed by atoms with E-state index >= 15 is 0 Å². The Morgan fingerprint density at radius 2 is 1.81 bits per heavy atom. The average molecular weight is 497 g/mol. The zero-order valence-corrected chi connectivity index (χ0v) is 17.7. The highest BCUT2D eigenvalue weighted by atomic mass is 79.9. The standard InChI is InChI=1S/C19H16BrF3N6O2/c1-28(10-16(30)24-15-5-3-2-4-14(15)19(21,22)23)17(31)11-29-26-18(25-27-29)12-6-8-13(20)9-7-12/h2-9H,10-11H2,1H3,(H,24,30). The van der Waals surface area contributed by atoms with Crippen molar-refractivity contribution in [2.24, 2.45) is 0 Å². The first-order valence-electron chi connectivity index (χ1n) is 8.87. The molecule has 0 atom stereocenters. The number of para-hydroxylation sites is 1. The summed E-state index contributed by atoms with van der Waals surface area (Å²) in [7, 11) is 1.35. The first kappa shape index (κ1) is 22.4. The Hall–Kier alpha value is -3.28. The summed E-state index contributed by atoms with van der Waals surface area (Å²) >= 11 is 3.33. The summed E-state index contributed by atoms with van der Waals surface area (Å²) in [6.07, 6.45) is -4.61. The van der Waals surface area contributed by atoms with E-state index in [2.05, 4.69) is 36.7 Å². The van der Waals surface area contributed by atoms with Crippen molar-refractivity contribution in [2.45, 2.75) is 12.7 Å². The minimum Gasteiger partial charge on any atom is -0.335 e. The van der Waals surface area contributed by atoms with Crippen molar-refractivity contribution in [1.29, 1.82) is 0 Å². The highest BCUT2D eigenvalue weighted by Crippen LogP contribution is 2.34. The Balaban J connectivity index is 1.59. The molecule has 0 saturated heterocycles. The van der Waals surface area contributed by atoms with Crippen LogP contribution >= 0.6 is 15.9 Å². The van der Waals surface area contributed by atoms with Crippen LogP contribution in [0.1, 0.15) is 5.56 Å². The summed E-state index contributed by atoms with van der Waals surface area (Å²) in [6.45, 7) is -0.730. The second-order valence-corrected chi connectivity index (χ2v) is 7.41. The van der Waals surface area contributed by atoms with Crippen LogP contribution in [0.25, 0.3) is 11.4 Å². The molecule has 0 spiro atoms. The molecule has 0 unspecified atom stereocenters. The van der Waals surface area contributed by atoms with Gasteiger partial charge in [0.1, 0.15) is 6.54 Å². The fraction of sp³-hybridized carbons (Fsp3) is 0.211. The lowest BCUT2D eigenvalue weighted by atomic mass is 10.1. The van der Waals surface area contributed by atoms with Crippen molar-refractivity contribution in [3.63, 3.8) is 0 Å². The first-order valence-corrected chi connectivity index (χ1v) is 9.66. The molecule has 1 heterocycles. The number of aromatic nitrogens is 4. The van der Waals surface area contributed by atoms with Crippen LogP contribution in [0.2, 0.25) is 0 Å². The van der Waals surface area contributed by atoms with E-state index in [1.165, 1.54) is 19.2 Å². The highest BCUT2D eigenvalue weighted by Gasteiger charge is 2.33. The van der Waals surface area contributed by atoms with Crippen LogP contribution < -0.4 is 5.32 Å². The number of nitrogens with zero attached hydrogens (tertiary/aromatic N) is 5. The Kier molecular flexibility index (Phi) is 6.68. The smallest absolute Gasteiger partial charge is 0.335 e. The van der Waals surface area contributed by atoms with Gasteiger partial charge >= 0.3 is 6.18 Å². The number of hydrogen-bond acceptors (Lipinski definition) is 5. The Morgan fingerprint density at radius 1 is 1.13 bits per heavy atom. The van der Waals surface area contributed by atoms with Crippen LogP contribution in [0.4, 0.5) is 18.9 Å². The molecule has 0 saturated carbocycles. The molecule has 12 heteroatoms. The predicted molar refractivity (Wildman–Crippen MR) is 109 cm³/mol. The van der Waals surface area contributed by atoms with Gasteiger partial charge < -0.3 is 10.2 Å². The van der Waals surface area contributed by atoms with Crippen LogP contribution in [0.3, 0.4) is 0 Å². The molecule has 162 valence electrons. The molecule has 3 aromatic rings. The van der Waals surface area contributed by atoms with Crippen LogP contribution in [-0.2, 0) is 22.3 Å². The number of rotatable bonds is 6. The molecular weight excluding hydrogens is 481 g/mol. The van der Waals surface area contributed by atoms with E-state index in [0.717, 1.165) is 26.3 Å². The average Bonchev–Trinajstić information content (AvgIpc) is 3.16. The van der Waals surface area contributed by atoms with Crippen molar-refractivity contribution >= 4 is 33.4 Å². The second kappa shape index (κ2) is 9.25. The van der Waals surface area contributed by atoms with Gasteiger partial charge in [0.25, 0.3) is 0 Å². The summed E-state index contributed by atoms with van der Waals surface area (Å²) in [5, 5.41) is 14.0. The largest absolute Gasteiger partial charge is 0.418 e. The second-order valence-electron chi connectivity index (χ2n) is 6.49. The summed E-state index contributed by atoms with van der Waals surface area (Å²) < 4.78 is 40.0. The maximum atomic E-state index is 13.0. The molecule has 8 nitrogen and oxygen atoms in total. The maximum absolute atomic E-state index is 13.0. The molecule has 0 aliphatic carbocycles. The van der Waals surface area contributed by atoms with E-state index in [4.69, 9.17) is 0 Å². The number of likely N-dealkylation sites (N-methyl/N-ethyl adjacent to an activating group) is 1. The number of anilines is 1. The van der Waals surface area contributed by atoms with Crippen molar-refractivity contribution in [1.82, 2.24) is 25.1 Å².